The van der Waals surface area contributed by atoms with Crippen molar-refractivity contribution in [2.75, 3.05) is 13.1 Å². The Balaban J connectivity index is 1.87. The number of aliphatic hydroxyl groups is 1. The molecule has 2 nitrogen and oxygen atoms in total. The van der Waals surface area contributed by atoms with Gasteiger partial charge in [0.15, 0.2) is 0 Å². The maximum atomic E-state index is 10.2. The van der Waals surface area contributed by atoms with Gasteiger partial charge in [0.05, 0.1) is 6.10 Å². The molecule has 1 saturated heterocycles. The SMILES string of the molecule is CCC1CCCCN1CCC(O)c1cccc(Cl)c1. The van der Waals surface area contributed by atoms with Crippen molar-refractivity contribution >= 4 is 11.6 Å². The van der Waals surface area contributed by atoms with Gasteiger partial charge in [0.25, 0.3) is 0 Å². The lowest BCUT2D eigenvalue weighted by Gasteiger charge is -2.35. The fraction of sp³-hybridized carbons (Fsp3) is 0.625. The number of hydrogen-bond donors (Lipinski definition) is 1. The molecule has 0 aromatic heterocycles. The summed E-state index contributed by atoms with van der Waals surface area (Å²) in [6, 6.07) is 8.26. The lowest BCUT2D eigenvalue weighted by Crippen LogP contribution is -2.40. The van der Waals surface area contributed by atoms with Gasteiger partial charge in [-0.25, -0.2) is 0 Å². The van der Waals surface area contributed by atoms with E-state index in [4.69, 9.17) is 11.6 Å². The van der Waals surface area contributed by atoms with Gasteiger partial charge in [0.1, 0.15) is 0 Å². The van der Waals surface area contributed by atoms with E-state index in [9.17, 15) is 5.11 Å². The molecule has 0 bridgehead atoms. The van der Waals surface area contributed by atoms with Gasteiger partial charge in [-0.2, -0.15) is 0 Å². The van der Waals surface area contributed by atoms with Crippen LogP contribution in [0.3, 0.4) is 0 Å². The van der Waals surface area contributed by atoms with Crippen LogP contribution in [0.2, 0.25) is 5.02 Å². The zero-order valence-corrected chi connectivity index (χ0v) is 12.4. The predicted octanol–water partition coefficient (Wildman–Crippen LogP) is 4.03. The Morgan fingerprint density at radius 1 is 1.42 bits per heavy atom. The van der Waals surface area contributed by atoms with Crippen molar-refractivity contribution in [1.82, 2.24) is 4.90 Å². The molecule has 1 fully saturated rings. The van der Waals surface area contributed by atoms with Crippen molar-refractivity contribution in [3.63, 3.8) is 0 Å². The number of hydrogen-bond acceptors (Lipinski definition) is 2. The molecular formula is C16H24ClNO. The number of likely N-dealkylation sites (tertiary alicyclic amines) is 1. The second-order valence-electron chi connectivity index (χ2n) is 5.45. The fourth-order valence-corrected chi connectivity index (χ4v) is 3.18. The Hall–Kier alpha value is -0.570. The zero-order valence-electron chi connectivity index (χ0n) is 11.7. The molecule has 1 N–H and O–H groups in total. The van der Waals surface area contributed by atoms with Crippen LogP contribution in [0, 0.1) is 0 Å². The Kier molecular flexibility index (Phi) is 5.68. The molecule has 2 atom stereocenters. The average Bonchev–Trinajstić information content (AvgIpc) is 2.45. The third kappa shape index (κ3) is 4.20. The van der Waals surface area contributed by atoms with Crippen LogP contribution in [0.1, 0.15) is 50.7 Å². The summed E-state index contributed by atoms with van der Waals surface area (Å²) in [4.78, 5) is 2.54. The first-order chi connectivity index (χ1) is 9.20. The summed E-state index contributed by atoms with van der Waals surface area (Å²) in [5.74, 6) is 0. The van der Waals surface area contributed by atoms with E-state index in [1.54, 1.807) is 0 Å². The normalized spacial score (nSPS) is 22.4. The Morgan fingerprint density at radius 3 is 3.00 bits per heavy atom. The van der Waals surface area contributed by atoms with Crippen molar-refractivity contribution in [1.29, 1.82) is 0 Å². The van der Waals surface area contributed by atoms with E-state index in [-0.39, 0.29) is 0 Å². The van der Waals surface area contributed by atoms with Crippen molar-refractivity contribution in [3.05, 3.63) is 34.9 Å². The number of benzene rings is 1. The van der Waals surface area contributed by atoms with Crippen molar-refractivity contribution in [2.45, 2.75) is 51.2 Å². The molecule has 0 spiro atoms. The van der Waals surface area contributed by atoms with Crippen LogP contribution in [0.15, 0.2) is 24.3 Å². The molecule has 1 aromatic carbocycles. The second kappa shape index (κ2) is 7.28. The molecule has 0 aliphatic carbocycles. The topological polar surface area (TPSA) is 23.5 Å². The van der Waals surface area contributed by atoms with Gasteiger partial charge in [-0.05, 0) is 49.9 Å². The summed E-state index contributed by atoms with van der Waals surface area (Å²) < 4.78 is 0. The van der Waals surface area contributed by atoms with Gasteiger partial charge < -0.3 is 10.0 Å². The molecule has 1 aromatic rings. The van der Waals surface area contributed by atoms with Crippen molar-refractivity contribution < 1.29 is 5.11 Å². The summed E-state index contributed by atoms with van der Waals surface area (Å²) in [6.07, 6.45) is 5.56. The molecule has 2 unspecified atom stereocenters. The quantitative estimate of drug-likeness (QED) is 0.881. The summed E-state index contributed by atoms with van der Waals surface area (Å²) in [5, 5.41) is 10.9. The van der Waals surface area contributed by atoms with Gasteiger partial charge in [-0.1, -0.05) is 37.1 Å². The molecule has 0 amide bonds. The minimum Gasteiger partial charge on any atom is -0.388 e. The van der Waals surface area contributed by atoms with Crippen LogP contribution < -0.4 is 0 Å². The van der Waals surface area contributed by atoms with Crippen LogP contribution in [-0.2, 0) is 0 Å². The third-order valence-corrected chi connectivity index (χ3v) is 4.38. The van der Waals surface area contributed by atoms with E-state index >= 15 is 0 Å². The predicted molar refractivity (Wildman–Crippen MR) is 80.5 cm³/mol. The largest absolute Gasteiger partial charge is 0.388 e. The first-order valence-corrected chi connectivity index (χ1v) is 7.76. The Labute approximate surface area is 121 Å². The monoisotopic (exact) mass is 281 g/mol. The summed E-state index contributed by atoms with van der Waals surface area (Å²) >= 11 is 5.96. The van der Waals surface area contributed by atoms with Gasteiger partial charge in [-0.3, -0.25) is 0 Å². The van der Waals surface area contributed by atoms with Gasteiger partial charge in [-0.15, -0.1) is 0 Å². The van der Waals surface area contributed by atoms with E-state index in [2.05, 4.69) is 11.8 Å². The zero-order chi connectivity index (χ0) is 13.7. The van der Waals surface area contributed by atoms with E-state index in [0.29, 0.717) is 11.1 Å². The summed E-state index contributed by atoms with van der Waals surface area (Å²) in [6.45, 7) is 4.42. The number of piperidine rings is 1. The molecule has 0 saturated carbocycles. The molecule has 3 heteroatoms. The van der Waals surface area contributed by atoms with Crippen molar-refractivity contribution in [2.24, 2.45) is 0 Å². The number of rotatable bonds is 5. The molecule has 1 heterocycles. The van der Waals surface area contributed by atoms with Crippen LogP contribution >= 0.6 is 11.6 Å². The number of halogens is 1. The molecule has 2 rings (SSSR count). The third-order valence-electron chi connectivity index (χ3n) is 4.14. The minimum atomic E-state index is -0.405. The van der Waals surface area contributed by atoms with Crippen LogP contribution in [0.4, 0.5) is 0 Å². The molecule has 106 valence electrons. The van der Waals surface area contributed by atoms with Crippen LogP contribution in [0.25, 0.3) is 0 Å². The fourth-order valence-electron chi connectivity index (χ4n) is 2.99. The number of aliphatic hydroxyl groups excluding tert-OH is 1. The first kappa shape index (κ1) is 14.8. The van der Waals surface area contributed by atoms with E-state index in [1.165, 1.54) is 32.2 Å². The smallest absolute Gasteiger partial charge is 0.0802 e. The summed E-state index contributed by atoms with van der Waals surface area (Å²) in [7, 11) is 0. The highest BCUT2D eigenvalue weighted by molar-refractivity contribution is 6.30. The van der Waals surface area contributed by atoms with E-state index in [1.807, 2.05) is 24.3 Å². The highest BCUT2D eigenvalue weighted by atomic mass is 35.5. The lowest BCUT2D eigenvalue weighted by molar-refractivity contribution is 0.101. The number of nitrogens with zero attached hydrogens (tertiary/aromatic N) is 1. The standard InChI is InChI=1S/C16H24ClNO/c1-2-15-8-3-4-10-18(15)11-9-16(19)13-6-5-7-14(17)12-13/h5-7,12,15-16,19H,2-4,8-11H2,1H3. The van der Waals surface area contributed by atoms with Gasteiger partial charge in [0, 0.05) is 17.6 Å². The first-order valence-electron chi connectivity index (χ1n) is 7.38. The highest BCUT2D eigenvalue weighted by Gasteiger charge is 2.21. The summed E-state index contributed by atoms with van der Waals surface area (Å²) in [5.41, 5.74) is 0.928. The lowest BCUT2D eigenvalue weighted by atomic mass is 9.99. The van der Waals surface area contributed by atoms with E-state index < -0.39 is 6.10 Å². The average molecular weight is 282 g/mol. The molecule has 1 aliphatic rings. The maximum absolute atomic E-state index is 10.2. The Morgan fingerprint density at radius 2 is 2.26 bits per heavy atom. The van der Waals surface area contributed by atoms with Crippen molar-refractivity contribution in [3.8, 4) is 0 Å². The van der Waals surface area contributed by atoms with Crippen LogP contribution in [0.5, 0.6) is 0 Å². The molecule has 1 aliphatic heterocycles. The second-order valence-corrected chi connectivity index (χ2v) is 5.89. The maximum Gasteiger partial charge on any atom is 0.0802 e. The molecule has 0 radical (unpaired) electrons. The molecule has 19 heavy (non-hydrogen) atoms. The Bertz CT molecular complexity index is 396. The van der Waals surface area contributed by atoms with Crippen LogP contribution in [-0.4, -0.2) is 29.1 Å². The van der Waals surface area contributed by atoms with Gasteiger partial charge >= 0.3 is 0 Å². The van der Waals surface area contributed by atoms with E-state index in [0.717, 1.165) is 18.5 Å². The highest BCUT2D eigenvalue weighted by Crippen LogP contribution is 2.24. The minimum absolute atomic E-state index is 0.405. The molecular weight excluding hydrogens is 258 g/mol. The van der Waals surface area contributed by atoms with Gasteiger partial charge in [0.2, 0.25) is 0 Å².